The lowest BCUT2D eigenvalue weighted by Gasteiger charge is -2.24. The van der Waals surface area contributed by atoms with Crippen molar-refractivity contribution in [2.45, 2.75) is 31.9 Å². The Morgan fingerprint density at radius 2 is 2.05 bits per heavy atom. The second-order valence-electron chi connectivity index (χ2n) is 4.99. The van der Waals surface area contributed by atoms with E-state index in [0.29, 0.717) is 11.3 Å². The lowest BCUT2D eigenvalue weighted by atomic mass is 10.2. The summed E-state index contributed by atoms with van der Waals surface area (Å²) >= 11 is 0. The van der Waals surface area contributed by atoms with Crippen molar-refractivity contribution in [2.24, 2.45) is 0 Å². The topological polar surface area (TPSA) is 90.6 Å². The predicted octanol–water partition coefficient (Wildman–Crippen LogP) is 1.40. The average Bonchev–Trinajstić information content (AvgIpc) is 3.29. The Bertz CT molecular complexity index is 572. The van der Waals surface area contributed by atoms with Crippen LogP contribution in [0.3, 0.4) is 0 Å². The van der Waals surface area contributed by atoms with Gasteiger partial charge in [-0.05, 0) is 44.0 Å². The smallest absolute Gasteiger partial charge is 0.323 e. The standard InChI is InChI=1S/C15H16N2O4/c1-10(21-13-6-2-11(8-16)3-7-13)15(20)17(9-14(18)19)12-4-5-12/h2-3,6-7,10,12H,4-5,9H2,1H3,(H,18,19). The maximum Gasteiger partial charge on any atom is 0.323 e. The Morgan fingerprint density at radius 1 is 1.43 bits per heavy atom. The first-order valence-electron chi connectivity index (χ1n) is 6.70. The van der Waals surface area contributed by atoms with E-state index in [9.17, 15) is 9.59 Å². The van der Waals surface area contributed by atoms with E-state index in [1.807, 2.05) is 6.07 Å². The zero-order valence-corrected chi connectivity index (χ0v) is 11.7. The molecule has 1 aliphatic rings. The molecular weight excluding hydrogens is 272 g/mol. The van der Waals surface area contributed by atoms with Gasteiger partial charge in [0.05, 0.1) is 11.6 Å². The molecule has 0 saturated heterocycles. The third kappa shape index (κ3) is 3.96. The Balaban J connectivity index is 2.00. The third-order valence-electron chi connectivity index (χ3n) is 3.22. The molecule has 1 N–H and O–H groups in total. The number of rotatable bonds is 6. The van der Waals surface area contributed by atoms with E-state index in [2.05, 4.69) is 0 Å². The van der Waals surface area contributed by atoms with Crippen LogP contribution in [0, 0.1) is 11.3 Å². The number of carboxylic acids is 1. The number of carbonyl (C=O) groups is 2. The van der Waals surface area contributed by atoms with Crippen LogP contribution in [0.2, 0.25) is 0 Å². The maximum atomic E-state index is 12.3. The van der Waals surface area contributed by atoms with Gasteiger partial charge in [0.1, 0.15) is 12.3 Å². The molecule has 6 nitrogen and oxygen atoms in total. The van der Waals surface area contributed by atoms with Crippen LogP contribution in [0.5, 0.6) is 5.75 Å². The summed E-state index contributed by atoms with van der Waals surface area (Å²) in [7, 11) is 0. The number of nitriles is 1. The molecular formula is C15H16N2O4. The van der Waals surface area contributed by atoms with Gasteiger partial charge in [0.2, 0.25) is 0 Å². The third-order valence-corrected chi connectivity index (χ3v) is 3.22. The minimum absolute atomic E-state index is 0.0145. The van der Waals surface area contributed by atoms with Crippen LogP contribution >= 0.6 is 0 Å². The van der Waals surface area contributed by atoms with Crippen LogP contribution in [-0.4, -0.2) is 40.6 Å². The summed E-state index contributed by atoms with van der Waals surface area (Å²) in [5.74, 6) is -0.883. The minimum Gasteiger partial charge on any atom is -0.481 e. The molecule has 1 aromatic carbocycles. The Labute approximate surface area is 122 Å². The zero-order chi connectivity index (χ0) is 15.4. The highest BCUT2D eigenvalue weighted by Crippen LogP contribution is 2.27. The normalized spacial score (nSPS) is 14.9. The van der Waals surface area contributed by atoms with Gasteiger partial charge in [-0.1, -0.05) is 0 Å². The van der Waals surface area contributed by atoms with Crippen molar-refractivity contribution in [1.82, 2.24) is 4.90 Å². The van der Waals surface area contributed by atoms with Gasteiger partial charge in [-0.25, -0.2) is 0 Å². The van der Waals surface area contributed by atoms with Gasteiger partial charge in [0, 0.05) is 6.04 Å². The molecule has 0 aliphatic heterocycles. The molecule has 1 saturated carbocycles. The van der Waals surface area contributed by atoms with E-state index in [1.54, 1.807) is 31.2 Å². The summed E-state index contributed by atoms with van der Waals surface area (Å²) in [5, 5.41) is 17.6. The first-order valence-corrected chi connectivity index (χ1v) is 6.70. The molecule has 1 atom stereocenters. The molecule has 0 heterocycles. The van der Waals surface area contributed by atoms with E-state index in [4.69, 9.17) is 15.1 Å². The summed E-state index contributed by atoms with van der Waals surface area (Å²) < 4.78 is 5.52. The fraction of sp³-hybridized carbons (Fsp3) is 0.400. The van der Waals surface area contributed by atoms with E-state index in [0.717, 1.165) is 12.8 Å². The van der Waals surface area contributed by atoms with Crippen molar-refractivity contribution in [1.29, 1.82) is 5.26 Å². The highest BCUT2D eigenvalue weighted by molar-refractivity contribution is 5.85. The first kappa shape index (κ1) is 14.9. The van der Waals surface area contributed by atoms with E-state index < -0.39 is 12.1 Å². The van der Waals surface area contributed by atoms with E-state index in [-0.39, 0.29) is 18.5 Å². The van der Waals surface area contributed by atoms with Crippen molar-refractivity contribution in [2.75, 3.05) is 6.54 Å². The van der Waals surface area contributed by atoms with Gasteiger partial charge in [-0.15, -0.1) is 0 Å². The molecule has 0 spiro atoms. The van der Waals surface area contributed by atoms with Crippen molar-refractivity contribution in [3.63, 3.8) is 0 Å². The fourth-order valence-electron chi connectivity index (χ4n) is 2.01. The predicted molar refractivity (Wildman–Crippen MR) is 73.6 cm³/mol. The Hall–Kier alpha value is -2.55. The van der Waals surface area contributed by atoms with Crippen molar-refractivity contribution < 1.29 is 19.4 Å². The second kappa shape index (κ2) is 6.27. The number of amides is 1. The highest BCUT2D eigenvalue weighted by Gasteiger charge is 2.36. The molecule has 21 heavy (non-hydrogen) atoms. The van der Waals surface area contributed by atoms with Crippen LogP contribution in [0.4, 0.5) is 0 Å². The largest absolute Gasteiger partial charge is 0.481 e. The van der Waals surface area contributed by atoms with Gasteiger partial charge in [-0.2, -0.15) is 5.26 Å². The van der Waals surface area contributed by atoms with Gasteiger partial charge in [-0.3, -0.25) is 9.59 Å². The van der Waals surface area contributed by atoms with Crippen molar-refractivity contribution >= 4 is 11.9 Å². The number of hydrogen-bond donors (Lipinski definition) is 1. The summed E-state index contributed by atoms with van der Waals surface area (Å²) in [5.41, 5.74) is 0.506. The molecule has 2 rings (SSSR count). The molecule has 1 aromatic rings. The monoisotopic (exact) mass is 288 g/mol. The van der Waals surface area contributed by atoms with Crippen LogP contribution in [-0.2, 0) is 9.59 Å². The summed E-state index contributed by atoms with van der Waals surface area (Å²) in [6.45, 7) is 1.29. The summed E-state index contributed by atoms with van der Waals surface area (Å²) in [6, 6.07) is 8.44. The molecule has 6 heteroatoms. The molecule has 0 aromatic heterocycles. The molecule has 1 unspecified atom stereocenters. The highest BCUT2D eigenvalue weighted by atomic mass is 16.5. The van der Waals surface area contributed by atoms with Gasteiger partial charge in [0.15, 0.2) is 6.10 Å². The van der Waals surface area contributed by atoms with Gasteiger partial charge < -0.3 is 14.7 Å². The quantitative estimate of drug-likeness (QED) is 0.854. The minimum atomic E-state index is -1.03. The van der Waals surface area contributed by atoms with Crippen molar-refractivity contribution in [3.8, 4) is 11.8 Å². The lowest BCUT2D eigenvalue weighted by molar-refractivity contribution is -0.148. The van der Waals surface area contributed by atoms with Crippen molar-refractivity contribution in [3.05, 3.63) is 29.8 Å². The number of benzene rings is 1. The van der Waals surface area contributed by atoms with Crippen LogP contribution in [0.1, 0.15) is 25.3 Å². The molecule has 1 amide bonds. The molecule has 110 valence electrons. The van der Waals surface area contributed by atoms with Gasteiger partial charge >= 0.3 is 5.97 Å². The molecule has 0 bridgehead atoms. The number of hydrogen-bond acceptors (Lipinski definition) is 4. The maximum absolute atomic E-state index is 12.3. The van der Waals surface area contributed by atoms with E-state index >= 15 is 0 Å². The van der Waals surface area contributed by atoms with Crippen LogP contribution in [0.15, 0.2) is 24.3 Å². The zero-order valence-electron chi connectivity index (χ0n) is 11.7. The SMILES string of the molecule is CC(Oc1ccc(C#N)cc1)C(=O)N(CC(=O)O)C1CC1. The molecule has 0 radical (unpaired) electrons. The number of carbonyl (C=O) groups excluding carboxylic acids is 1. The first-order chi connectivity index (χ1) is 10.0. The number of aliphatic carboxylic acids is 1. The fourth-order valence-corrected chi connectivity index (χ4v) is 2.01. The number of nitrogens with zero attached hydrogens (tertiary/aromatic N) is 2. The van der Waals surface area contributed by atoms with E-state index in [1.165, 1.54) is 4.90 Å². The average molecular weight is 288 g/mol. The Morgan fingerprint density at radius 3 is 2.52 bits per heavy atom. The lowest BCUT2D eigenvalue weighted by Crippen LogP contribution is -2.44. The van der Waals surface area contributed by atoms with Crippen LogP contribution in [0.25, 0.3) is 0 Å². The number of ether oxygens (including phenoxy) is 1. The Kier molecular flexibility index (Phi) is 4.43. The number of carboxylic acid groups (broad SMARTS) is 1. The van der Waals surface area contributed by atoms with Gasteiger partial charge in [0.25, 0.3) is 5.91 Å². The summed E-state index contributed by atoms with van der Waals surface area (Å²) in [6.07, 6.45) is 0.906. The molecule has 1 fully saturated rings. The second-order valence-corrected chi connectivity index (χ2v) is 4.99. The summed E-state index contributed by atoms with van der Waals surface area (Å²) in [4.78, 5) is 24.5. The molecule has 1 aliphatic carbocycles. The van der Waals surface area contributed by atoms with Crippen LogP contribution < -0.4 is 4.74 Å².